The van der Waals surface area contributed by atoms with Crippen molar-refractivity contribution >= 4 is 28.6 Å². The van der Waals surface area contributed by atoms with Crippen molar-refractivity contribution in [3.63, 3.8) is 0 Å². The molecule has 1 aromatic heterocycles. The summed E-state index contributed by atoms with van der Waals surface area (Å²) in [4.78, 5) is 38.8. The summed E-state index contributed by atoms with van der Waals surface area (Å²) in [5.74, 6) is -1.54. The Morgan fingerprint density at radius 1 is 1.23 bits per heavy atom. The first-order valence-corrected chi connectivity index (χ1v) is 9.51. The van der Waals surface area contributed by atoms with Gasteiger partial charge >= 0.3 is 6.18 Å². The predicted octanol–water partition coefficient (Wildman–Crippen LogP) is 1.27. The molecule has 2 aliphatic rings. The summed E-state index contributed by atoms with van der Waals surface area (Å²) in [7, 11) is 0. The Balaban J connectivity index is 1.43. The Morgan fingerprint density at radius 2 is 2.00 bits per heavy atom. The second kappa shape index (κ2) is 7.29. The number of rotatable bonds is 5. The number of carbonyl (C=O) groups is 3. The van der Waals surface area contributed by atoms with E-state index in [-0.39, 0.29) is 17.9 Å². The van der Waals surface area contributed by atoms with Crippen LogP contribution in [0.25, 0.3) is 10.9 Å². The molecular weight excluding hydrogens is 403 g/mol. The minimum absolute atomic E-state index is 0.0346. The van der Waals surface area contributed by atoms with Gasteiger partial charge in [-0.15, -0.1) is 0 Å². The fraction of sp³-hybridized carbons (Fsp3) is 0.474. The van der Waals surface area contributed by atoms with E-state index in [0.29, 0.717) is 12.0 Å². The van der Waals surface area contributed by atoms with Crippen molar-refractivity contribution in [1.82, 2.24) is 25.7 Å². The van der Waals surface area contributed by atoms with Gasteiger partial charge in [-0.25, -0.2) is 0 Å². The Hall–Kier alpha value is -3.11. The number of alkyl halides is 3. The van der Waals surface area contributed by atoms with Crippen molar-refractivity contribution in [3.05, 3.63) is 29.5 Å². The third-order valence-electron chi connectivity index (χ3n) is 5.54. The largest absolute Gasteiger partial charge is 0.405 e. The zero-order valence-corrected chi connectivity index (χ0v) is 16.0. The first-order chi connectivity index (χ1) is 14.1. The van der Waals surface area contributed by atoms with Crippen LogP contribution in [0.5, 0.6) is 0 Å². The van der Waals surface area contributed by atoms with Crippen molar-refractivity contribution in [1.29, 1.82) is 0 Å². The highest BCUT2D eigenvalue weighted by atomic mass is 19.4. The number of aromatic amines is 1. The lowest BCUT2D eigenvalue weighted by atomic mass is 10.1. The molecule has 0 spiro atoms. The van der Waals surface area contributed by atoms with E-state index in [4.69, 9.17) is 0 Å². The van der Waals surface area contributed by atoms with Crippen LogP contribution in [0.15, 0.2) is 18.3 Å². The molecule has 1 saturated heterocycles. The van der Waals surface area contributed by atoms with Crippen molar-refractivity contribution in [2.24, 2.45) is 5.92 Å². The summed E-state index contributed by atoms with van der Waals surface area (Å²) in [6.45, 7) is -0.191. The number of hydrogen-bond acceptors (Lipinski definition) is 4. The van der Waals surface area contributed by atoms with E-state index >= 15 is 0 Å². The Morgan fingerprint density at radius 3 is 2.73 bits per heavy atom. The average Bonchev–Trinajstić information content (AvgIpc) is 3.11. The second-order valence-electron chi connectivity index (χ2n) is 7.76. The van der Waals surface area contributed by atoms with Gasteiger partial charge in [-0.3, -0.25) is 19.5 Å². The molecule has 2 heterocycles. The molecule has 160 valence electrons. The maximum Gasteiger partial charge on any atom is 0.405 e. The molecule has 1 aromatic carbocycles. The van der Waals surface area contributed by atoms with Crippen molar-refractivity contribution in [2.45, 2.75) is 38.0 Å². The Labute approximate surface area is 169 Å². The van der Waals surface area contributed by atoms with Gasteiger partial charge in [0.05, 0.1) is 18.3 Å². The zero-order chi connectivity index (χ0) is 21.6. The summed E-state index contributed by atoms with van der Waals surface area (Å²) < 4.78 is 36.5. The third kappa shape index (κ3) is 3.96. The molecule has 8 nitrogen and oxygen atoms in total. The number of aromatic nitrogens is 2. The number of H-pyrrole nitrogens is 1. The molecule has 0 radical (unpaired) electrons. The average molecular weight is 423 g/mol. The lowest BCUT2D eigenvalue weighted by Gasteiger charge is -2.27. The Kier molecular flexibility index (Phi) is 4.91. The molecule has 1 saturated carbocycles. The van der Waals surface area contributed by atoms with Crippen LogP contribution < -0.4 is 10.6 Å². The van der Waals surface area contributed by atoms with Gasteiger partial charge in [0.1, 0.15) is 12.6 Å². The van der Waals surface area contributed by atoms with Crippen molar-refractivity contribution in [3.8, 4) is 0 Å². The van der Waals surface area contributed by atoms with Crippen LogP contribution in [-0.4, -0.2) is 64.2 Å². The molecule has 0 unspecified atom stereocenters. The number of halogens is 3. The number of amides is 3. The fourth-order valence-electron chi connectivity index (χ4n) is 4.04. The zero-order valence-electron chi connectivity index (χ0n) is 16.0. The topological polar surface area (TPSA) is 107 Å². The van der Waals surface area contributed by atoms with Crippen LogP contribution in [0.2, 0.25) is 0 Å². The SMILES string of the molecule is Cc1cc(C(=O)N2[C@@H](C(=O)NCC(=O)NCC(F)(F)F)C[C@H]3C[C@H]32)cc2cn[nH]c12. The van der Waals surface area contributed by atoms with E-state index in [1.165, 1.54) is 4.90 Å². The Bertz CT molecular complexity index is 1020. The van der Waals surface area contributed by atoms with Crippen LogP contribution in [0.3, 0.4) is 0 Å². The van der Waals surface area contributed by atoms with Gasteiger partial charge in [0.25, 0.3) is 5.91 Å². The molecule has 2 aromatic rings. The maximum atomic E-state index is 13.2. The number of carbonyl (C=O) groups excluding carboxylic acids is 3. The molecule has 30 heavy (non-hydrogen) atoms. The molecule has 3 amide bonds. The first-order valence-electron chi connectivity index (χ1n) is 9.51. The summed E-state index contributed by atoms with van der Waals surface area (Å²) in [5, 5.41) is 11.7. The van der Waals surface area contributed by atoms with Crippen molar-refractivity contribution < 1.29 is 27.6 Å². The standard InChI is InChI=1S/C19H20F3N5O3/c1-9-2-11(3-12-6-25-26-16(9)12)18(30)27-13-4-10(13)5-14(27)17(29)23-7-15(28)24-8-19(20,21)22/h2-3,6,10,13-14H,4-5,7-8H2,1H3,(H,23,29)(H,24,28)(H,25,26)/t10-,13-,14-/m1/s1. The van der Waals surface area contributed by atoms with Crippen molar-refractivity contribution in [2.75, 3.05) is 13.1 Å². The molecule has 3 atom stereocenters. The minimum atomic E-state index is -4.52. The quantitative estimate of drug-likeness (QED) is 0.673. The summed E-state index contributed by atoms with van der Waals surface area (Å²) in [6.07, 6.45) is -1.62. The number of benzene rings is 1. The van der Waals surface area contributed by atoms with Gasteiger partial charge in [0.15, 0.2) is 0 Å². The molecule has 3 N–H and O–H groups in total. The normalized spacial score (nSPS) is 22.7. The highest BCUT2D eigenvalue weighted by Crippen LogP contribution is 2.48. The van der Waals surface area contributed by atoms with E-state index < -0.39 is 37.1 Å². The van der Waals surface area contributed by atoms with Crippen LogP contribution in [0.1, 0.15) is 28.8 Å². The monoisotopic (exact) mass is 423 g/mol. The van der Waals surface area contributed by atoms with Crippen LogP contribution >= 0.6 is 0 Å². The summed E-state index contributed by atoms with van der Waals surface area (Å²) in [5.41, 5.74) is 2.12. The number of aryl methyl sites for hydroxylation is 1. The van der Waals surface area contributed by atoms with Gasteiger partial charge in [0, 0.05) is 17.0 Å². The van der Waals surface area contributed by atoms with Crippen LogP contribution in [0.4, 0.5) is 13.2 Å². The number of piperidine rings is 1. The van der Waals surface area contributed by atoms with Gasteiger partial charge in [-0.05, 0) is 43.4 Å². The highest BCUT2D eigenvalue weighted by molar-refractivity contribution is 6.02. The molecule has 11 heteroatoms. The minimum Gasteiger partial charge on any atom is -0.345 e. The van der Waals surface area contributed by atoms with Gasteiger partial charge in [0.2, 0.25) is 11.8 Å². The van der Waals surface area contributed by atoms with Crippen LogP contribution in [0, 0.1) is 12.8 Å². The van der Waals surface area contributed by atoms with E-state index in [0.717, 1.165) is 22.9 Å². The molecule has 4 rings (SSSR count). The lowest BCUT2D eigenvalue weighted by Crippen LogP contribution is -2.50. The van der Waals surface area contributed by atoms with E-state index in [1.807, 2.05) is 6.92 Å². The molecular formula is C19H20F3N5O3. The van der Waals surface area contributed by atoms with Gasteiger partial charge < -0.3 is 15.5 Å². The second-order valence-corrected chi connectivity index (χ2v) is 7.76. The number of hydrogen-bond donors (Lipinski definition) is 3. The fourth-order valence-corrected chi connectivity index (χ4v) is 4.04. The highest BCUT2D eigenvalue weighted by Gasteiger charge is 2.56. The van der Waals surface area contributed by atoms with Crippen LogP contribution in [-0.2, 0) is 9.59 Å². The first kappa shape index (κ1) is 20.2. The third-order valence-corrected chi connectivity index (χ3v) is 5.54. The number of nitrogens with one attached hydrogen (secondary N) is 3. The summed E-state index contributed by atoms with van der Waals surface area (Å²) in [6, 6.07) is 2.66. The maximum absolute atomic E-state index is 13.2. The number of fused-ring (bicyclic) bond motifs is 2. The lowest BCUT2D eigenvalue weighted by molar-refractivity contribution is -0.138. The molecule has 1 aliphatic carbocycles. The molecule has 0 bridgehead atoms. The van der Waals surface area contributed by atoms with E-state index in [1.54, 1.807) is 23.6 Å². The summed E-state index contributed by atoms with van der Waals surface area (Å²) >= 11 is 0. The van der Waals surface area contributed by atoms with Gasteiger partial charge in [-0.1, -0.05) is 0 Å². The predicted molar refractivity (Wildman–Crippen MR) is 99.4 cm³/mol. The number of likely N-dealkylation sites (tertiary alicyclic amines) is 1. The van der Waals surface area contributed by atoms with E-state index in [2.05, 4.69) is 15.5 Å². The molecule has 2 fully saturated rings. The van der Waals surface area contributed by atoms with E-state index in [9.17, 15) is 27.6 Å². The number of nitrogens with zero attached hydrogens (tertiary/aromatic N) is 2. The smallest absolute Gasteiger partial charge is 0.345 e. The molecule has 1 aliphatic heterocycles. The van der Waals surface area contributed by atoms with Gasteiger partial charge in [-0.2, -0.15) is 18.3 Å².